The van der Waals surface area contributed by atoms with Crippen molar-refractivity contribution in [3.63, 3.8) is 0 Å². The fourth-order valence-electron chi connectivity index (χ4n) is 2.24. The molecule has 1 unspecified atom stereocenters. The quantitative estimate of drug-likeness (QED) is 0.819. The van der Waals surface area contributed by atoms with E-state index in [-0.39, 0.29) is 5.92 Å². The summed E-state index contributed by atoms with van der Waals surface area (Å²) in [6.45, 7) is 4.86. The minimum atomic E-state index is 0.211. The summed E-state index contributed by atoms with van der Waals surface area (Å²) in [6, 6.07) is 5.86. The molecule has 88 valence electrons. The lowest BCUT2D eigenvalue weighted by Gasteiger charge is -2.20. The zero-order chi connectivity index (χ0) is 11.5. The smallest absolute Gasteiger partial charge is 0.119 e. The number of nitrogens with zero attached hydrogens (tertiary/aromatic N) is 1. The van der Waals surface area contributed by atoms with Gasteiger partial charge in [0.2, 0.25) is 0 Å². The van der Waals surface area contributed by atoms with Gasteiger partial charge in [-0.05, 0) is 49.1 Å². The maximum atomic E-state index is 9.81. The highest BCUT2D eigenvalue weighted by molar-refractivity contribution is 5.54. The first-order valence-electron chi connectivity index (χ1n) is 6.00. The van der Waals surface area contributed by atoms with E-state index in [1.165, 1.54) is 18.5 Å². The number of benzene rings is 1. The lowest BCUT2D eigenvalue weighted by molar-refractivity contribution is 0.463. The number of nitrogens with two attached hydrogens (primary N) is 1. The first kappa shape index (κ1) is 11.3. The summed E-state index contributed by atoms with van der Waals surface area (Å²) >= 11 is 0. The third-order valence-electron chi connectivity index (χ3n) is 3.37. The van der Waals surface area contributed by atoms with Gasteiger partial charge < -0.3 is 15.7 Å². The fourth-order valence-corrected chi connectivity index (χ4v) is 2.24. The highest BCUT2D eigenvalue weighted by Crippen LogP contribution is 2.30. The summed E-state index contributed by atoms with van der Waals surface area (Å²) in [6.07, 6.45) is 2.53. The molecule has 1 aliphatic heterocycles. The average molecular weight is 220 g/mol. The Morgan fingerprint density at radius 2 is 2.06 bits per heavy atom. The Bertz CT molecular complexity index is 359. The van der Waals surface area contributed by atoms with Gasteiger partial charge in [0.15, 0.2) is 0 Å². The predicted octanol–water partition coefficient (Wildman–Crippen LogP) is 2.05. The molecule has 1 aromatic carbocycles. The van der Waals surface area contributed by atoms with Crippen molar-refractivity contribution in [2.75, 3.05) is 24.5 Å². The van der Waals surface area contributed by atoms with Gasteiger partial charge in [-0.2, -0.15) is 0 Å². The largest absolute Gasteiger partial charge is 0.508 e. The van der Waals surface area contributed by atoms with Crippen LogP contribution in [0.4, 0.5) is 5.69 Å². The van der Waals surface area contributed by atoms with Crippen LogP contribution in [0.25, 0.3) is 0 Å². The van der Waals surface area contributed by atoms with Crippen LogP contribution in [0.15, 0.2) is 18.2 Å². The zero-order valence-corrected chi connectivity index (χ0v) is 9.82. The Balaban J connectivity index is 2.27. The number of hydrogen-bond donors (Lipinski definition) is 2. The number of phenols is 1. The molecular formula is C13H20N2O. The summed E-state index contributed by atoms with van der Waals surface area (Å²) in [5.41, 5.74) is 7.83. The van der Waals surface area contributed by atoms with Gasteiger partial charge in [-0.1, -0.05) is 6.92 Å². The Labute approximate surface area is 96.9 Å². The lowest BCUT2D eigenvalue weighted by Crippen LogP contribution is -2.18. The van der Waals surface area contributed by atoms with Crippen molar-refractivity contribution in [2.24, 2.45) is 5.73 Å². The summed E-state index contributed by atoms with van der Waals surface area (Å²) in [5, 5.41) is 9.81. The van der Waals surface area contributed by atoms with Gasteiger partial charge >= 0.3 is 0 Å². The molecule has 3 N–H and O–H groups in total. The third-order valence-corrected chi connectivity index (χ3v) is 3.37. The zero-order valence-electron chi connectivity index (χ0n) is 9.82. The number of aromatic hydroxyl groups is 1. The normalized spacial score (nSPS) is 17.8. The highest BCUT2D eigenvalue weighted by atomic mass is 16.3. The van der Waals surface area contributed by atoms with Crippen molar-refractivity contribution in [1.29, 1.82) is 0 Å². The molecule has 1 heterocycles. The number of anilines is 1. The molecule has 2 rings (SSSR count). The molecule has 0 saturated carbocycles. The van der Waals surface area contributed by atoms with E-state index in [4.69, 9.17) is 5.73 Å². The molecule has 1 fully saturated rings. The van der Waals surface area contributed by atoms with Gasteiger partial charge in [0.1, 0.15) is 5.75 Å². The highest BCUT2D eigenvalue weighted by Gasteiger charge is 2.15. The molecule has 1 saturated heterocycles. The van der Waals surface area contributed by atoms with E-state index in [0.717, 1.165) is 18.7 Å². The second-order valence-electron chi connectivity index (χ2n) is 4.57. The summed E-state index contributed by atoms with van der Waals surface area (Å²) in [7, 11) is 0. The molecule has 1 aliphatic rings. The van der Waals surface area contributed by atoms with Gasteiger partial charge in [0.25, 0.3) is 0 Å². The van der Waals surface area contributed by atoms with Crippen LogP contribution in [0.2, 0.25) is 0 Å². The number of phenolic OH excluding ortho intramolecular Hbond substituents is 1. The molecular weight excluding hydrogens is 200 g/mol. The monoisotopic (exact) mass is 220 g/mol. The molecule has 0 aromatic heterocycles. The Hall–Kier alpha value is -1.22. The van der Waals surface area contributed by atoms with E-state index >= 15 is 0 Å². The van der Waals surface area contributed by atoms with Crippen LogP contribution in [0.1, 0.15) is 31.2 Å². The molecule has 0 spiro atoms. The molecule has 1 aromatic rings. The van der Waals surface area contributed by atoms with Crippen LogP contribution in [-0.4, -0.2) is 24.7 Å². The van der Waals surface area contributed by atoms with Crippen LogP contribution in [0.3, 0.4) is 0 Å². The number of hydrogen-bond acceptors (Lipinski definition) is 3. The predicted molar refractivity (Wildman–Crippen MR) is 67.0 cm³/mol. The van der Waals surface area contributed by atoms with Gasteiger partial charge in [-0.15, -0.1) is 0 Å². The van der Waals surface area contributed by atoms with Crippen molar-refractivity contribution >= 4 is 5.69 Å². The number of rotatable bonds is 3. The molecule has 0 aliphatic carbocycles. The van der Waals surface area contributed by atoms with E-state index in [9.17, 15) is 5.11 Å². The lowest BCUT2D eigenvalue weighted by atomic mass is 9.99. The second kappa shape index (κ2) is 4.74. The fraction of sp³-hybridized carbons (Fsp3) is 0.538. The summed E-state index contributed by atoms with van der Waals surface area (Å²) in [4.78, 5) is 2.37. The van der Waals surface area contributed by atoms with Gasteiger partial charge in [0.05, 0.1) is 0 Å². The summed E-state index contributed by atoms with van der Waals surface area (Å²) in [5.74, 6) is 0.573. The van der Waals surface area contributed by atoms with E-state index in [2.05, 4.69) is 11.0 Å². The van der Waals surface area contributed by atoms with Crippen molar-refractivity contribution in [2.45, 2.75) is 25.7 Å². The van der Waals surface area contributed by atoms with Crippen LogP contribution in [0, 0.1) is 0 Å². The van der Waals surface area contributed by atoms with Crippen molar-refractivity contribution in [3.05, 3.63) is 23.8 Å². The van der Waals surface area contributed by atoms with Crippen LogP contribution < -0.4 is 10.6 Å². The minimum absolute atomic E-state index is 0.211. The topological polar surface area (TPSA) is 49.5 Å². The van der Waals surface area contributed by atoms with E-state index in [0.29, 0.717) is 12.3 Å². The van der Waals surface area contributed by atoms with Crippen molar-refractivity contribution in [1.82, 2.24) is 0 Å². The van der Waals surface area contributed by atoms with Crippen molar-refractivity contribution < 1.29 is 5.11 Å². The first-order chi connectivity index (χ1) is 7.72. The average Bonchev–Trinajstić information content (AvgIpc) is 2.82. The van der Waals surface area contributed by atoms with E-state index in [1.54, 1.807) is 6.07 Å². The Morgan fingerprint density at radius 3 is 2.69 bits per heavy atom. The first-order valence-corrected chi connectivity index (χ1v) is 6.00. The molecule has 0 bridgehead atoms. The molecule has 3 nitrogen and oxygen atoms in total. The minimum Gasteiger partial charge on any atom is -0.508 e. The maximum Gasteiger partial charge on any atom is 0.119 e. The van der Waals surface area contributed by atoms with E-state index in [1.807, 2.05) is 13.0 Å². The molecule has 0 radical (unpaired) electrons. The van der Waals surface area contributed by atoms with Gasteiger partial charge in [-0.3, -0.25) is 0 Å². The standard InChI is InChI=1S/C13H20N2O/c1-10(9-14)12-8-11(4-5-13(12)16)15-6-2-3-7-15/h4-5,8,10,16H,2-3,6-7,9,14H2,1H3. The SMILES string of the molecule is CC(CN)c1cc(N2CCCC2)ccc1O. The van der Waals surface area contributed by atoms with Gasteiger partial charge in [-0.25, -0.2) is 0 Å². The Kier molecular flexibility index (Phi) is 3.34. The van der Waals surface area contributed by atoms with Crippen LogP contribution in [0.5, 0.6) is 5.75 Å². The molecule has 3 heteroatoms. The summed E-state index contributed by atoms with van der Waals surface area (Å²) < 4.78 is 0. The molecule has 0 amide bonds. The van der Waals surface area contributed by atoms with Crippen LogP contribution in [-0.2, 0) is 0 Å². The van der Waals surface area contributed by atoms with E-state index < -0.39 is 0 Å². The maximum absolute atomic E-state index is 9.81. The van der Waals surface area contributed by atoms with Gasteiger partial charge in [0, 0.05) is 18.8 Å². The third kappa shape index (κ3) is 2.14. The second-order valence-corrected chi connectivity index (χ2v) is 4.57. The van der Waals surface area contributed by atoms with Crippen LogP contribution >= 0.6 is 0 Å². The molecule has 1 atom stereocenters. The Morgan fingerprint density at radius 1 is 1.38 bits per heavy atom. The van der Waals surface area contributed by atoms with Crippen molar-refractivity contribution in [3.8, 4) is 5.75 Å². The molecule has 16 heavy (non-hydrogen) atoms.